The average Bonchev–Trinajstić information content (AvgIpc) is 2.61. The van der Waals surface area contributed by atoms with Crippen LogP contribution in [0, 0.1) is 10.8 Å². The molecule has 1 aliphatic heterocycles. The van der Waals surface area contributed by atoms with Gasteiger partial charge in [0.25, 0.3) is 5.91 Å². The van der Waals surface area contributed by atoms with E-state index < -0.39 is 5.91 Å². The molecular formula is C17H24N6O2. The molecule has 134 valence electrons. The molecule has 0 bridgehead atoms. The Morgan fingerprint density at radius 2 is 1.88 bits per heavy atom. The molecule has 8 heteroatoms. The molecule has 1 saturated heterocycles. The van der Waals surface area contributed by atoms with Gasteiger partial charge in [-0.15, -0.1) is 0 Å². The van der Waals surface area contributed by atoms with Crippen LogP contribution in [0.4, 0.5) is 11.4 Å². The number of hydrogen-bond donors (Lipinski definition) is 5. The first-order valence-electron chi connectivity index (χ1n) is 8.10. The quantitative estimate of drug-likeness (QED) is 0.275. The third-order valence-corrected chi connectivity index (χ3v) is 4.08. The van der Waals surface area contributed by atoms with Gasteiger partial charge in [-0.05, 0) is 30.3 Å². The first-order valence-corrected chi connectivity index (χ1v) is 8.10. The van der Waals surface area contributed by atoms with Crippen molar-refractivity contribution in [2.75, 3.05) is 49.5 Å². The number of hydrogen-bond acceptors (Lipinski definition) is 6. The Morgan fingerprint density at radius 3 is 2.40 bits per heavy atom. The molecule has 1 heterocycles. The Morgan fingerprint density at radius 1 is 1.24 bits per heavy atom. The van der Waals surface area contributed by atoms with E-state index in [0.29, 0.717) is 12.2 Å². The van der Waals surface area contributed by atoms with Gasteiger partial charge in [-0.1, -0.05) is 0 Å². The van der Waals surface area contributed by atoms with Gasteiger partial charge < -0.3 is 26.5 Å². The van der Waals surface area contributed by atoms with Crippen molar-refractivity contribution in [2.45, 2.75) is 0 Å². The summed E-state index contributed by atoms with van der Waals surface area (Å²) in [5, 5.41) is 26.7. The van der Waals surface area contributed by atoms with Crippen molar-refractivity contribution in [1.29, 1.82) is 10.8 Å². The molecule has 0 aliphatic carbocycles. The van der Waals surface area contributed by atoms with Crippen molar-refractivity contribution in [3.63, 3.8) is 0 Å². The van der Waals surface area contributed by atoms with Crippen molar-refractivity contribution in [2.24, 2.45) is 5.73 Å². The van der Waals surface area contributed by atoms with E-state index in [1.807, 2.05) is 24.3 Å². The Kier molecular flexibility index (Phi) is 6.67. The number of β-amino-alcohol motifs (C(OH)–C–C–N with tert-alkyl or cyclic N) is 1. The first-order chi connectivity index (χ1) is 12.0. The number of nitrogens with zero attached hydrogens (tertiary/aromatic N) is 2. The molecule has 1 aromatic rings. The second kappa shape index (κ2) is 8.95. The minimum atomic E-state index is -0.752. The fraction of sp³-hybridized carbons (Fsp3) is 0.353. The van der Waals surface area contributed by atoms with Crippen LogP contribution in [0.2, 0.25) is 0 Å². The molecule has 0 saturated carbocycles. The number of rotatable bonds is 7. The second-order valence-corrected chi connectivity index (χ2v) is 5.71. The van der Waals surface area contributed by atoms with Gasteiger partial charge in [0.15, 0.2) is 0 Å². The normalized spacial score (nSPS) is 15.7. The highest BCUT2D eigenvalue weighted by Gasteiger charge is 2.17. The van der Waals surface area contributed by atoms with Crippen molar-refractivity contribution in [3.05, 3.63) is 35.9 Å². The molecule has 0 spiro atoms. The molecule has 6 N–H and O–H groups in total. The number of aliphatic hydroxyl groups excluding tert-OH is 1. The molecule has 1 aromatic carbocycles. The zero-order chi connectivity index (χ0) is 18.2. The van der Waals surface area contributed by atoms with Gasteiger partial charge in [-0.3, -0.25) is 15.1 Å². The van der Waals surface area contributed by atoms with Gasteiger partial charge >= 0.3 is 0 Å². The monoisotopic (exact) mass is 344 g/mol. The summed E-state index contributed by atoms with van der Waals surface area (Å²) in [6, 6.07) is 7.60. The first kappa shape index (κ1) is 18.6. The van der Waals surface area contributed by atoms with Crippen LogP contribution in [0.15, 0.2) is 35.9 Å². The third kappa shape index (κ3) is 5.13. The summed E-state index contributed by atoms with van der Waals surface area (Å²) in [6.45, 7) is 4.53. The highest BCUT2D eigenvalue weighted by Crippen LogP contribution is 2.20. The number of nitrogens with one attached hydrogen (secondary N) is 3. The van der Waals surface area contributed by atoms with Crippen molar-refractivity contribution in [3.8, 4) is 0 Å². The lowest BCUT2D eigenvalue weighted by Gasteiger charge is -2.35. The maximum atomic E-state index is 11.3. The minimum Gasteiger partial charge on any atom is -0.395 e. The second-order valence-electron chi connectivity index (χ2n) is 5.71. The summed E-state index contributed by atoms with van der Waals surface area (Å²) < 4.78 is 0. The van der Waals surface area contributed by atoms with Crippen LogP contribution in [0.5, 0.6) is 0 Å². The largest absolute Gasteiger partial charge is 0.395 e. The summed E-state index contributed by atoms with van der Waals surface area (Å²) in [6.07, 6.45) is 2.12. The van der Waals surface area contributed by atoms with Crippen LogP contribution in [-0.2, 0) is 4.79 Å². The van der Waals surface area contributed by atoms with E-state index in [1.165, 1.54) is 6.08 Å². The summed E-state index contributed by atoms with van der Waals surface area (Å²) >= 11 is 0. The van der Waals surface area contributed by atoms with E-state index in [1.54, 1.807) is 0 Å². The van der Waals surface area contributed by atoms with Gasteiger partial charge in [-0.25, -0.2) is 0 Å². The van der Waals surface area contributed by atoms with Gasteiger partial charge in [0, 0.05) is 50.3 Å². The molecule has 0 aromatic heterocycles. The number of amides is 1. The van der Waals surface area contributed by atoms with E-state index in [2.05, 4.69) is 15.1 Å². The number of carbonyl (C=O) groups excluding carboxylic acids is 1. The number of nitrogens with two attached hydrogens (primary N) is 1. The molecule has 0 unspecified atom stereocenters. The fourth-order valence-corrected chi connectivity index (χ4v) is 2.71. The Hall–Kier alpha value is -2.71. The Balaban J connectivity index is 1.96. The number of aliphatic hydroxyl groups is 1. The van der Waals surface area contributed by atoms with E-state index in [9.17, 15) is 4.79 Å². The number of allylic oxidation sites excluding steroid dienone is 1. The number of carbonyl (C=O) groups is 1. The van der Waals surface area contributed by atoms with Crippen molar-refractivity contribution in [1.82, 2.24) is 4.90 Å². The zero-order valence-electron chi connectivity index (χ0n) is 14.0. The van der Waals surface area contributed by atoms with Crippen LogP contribution in [0.1, 0.15) is 0 Å². The van der Waals surface area contributed by atoms with Crippen LogP contribution in [-0.4, -0.2) is 67.3 Å². The molecule has 1 amide bonds. The molecule has 0 atom stereocenters. The predicted octanol–water partition coefficient (Wildman–Crippen LogP) is 0.251. The number of anilines is 2. The van der Waals surface area contributed by atoms with E-state index >= 15 is 0 Å². The molecule has 8 nitrogen and oxygen atoms in total. The highest BCUT2D eigenvalue weighted by molar-refractivity contribution is 6.25. The predicted molar refractivity (Wildman–Crippen MR) is 99.6 cm³/mol. The van der Waals surface area contributed by atoms with Crippen molar-refractivity contribution < 1.29 is 9.90 Å². The summed E-state index contributed by atoms with van der Waals surface area (Å²) in [7, 11) is 0. The van der Waals surface area contributed by atoms with Crippen LogP contribution in [0.25, 0.3) is 0 Å². The smallest absolute Gasteiger partial charge is 0.252 e. The third-order valence-electron chi connectivity index (χ3n) is 4.08. The minimum absolute atomic E-state index is 0.0425. The molecule has 25 heavy (non-hydrogen) atoms. The maximum absolute atomic E-state index is 11.3. The fourth-order valence-electron chi connectivity index (χ4n) is 2.71. The zero-order valence-corrected chi connectivity index (χ0v) is 14.0. The Bertz CT molecular complexity index is 648. The number of piperazine rings is 1. The molecule has 1 aliphatic rings. The number of amidine groups is 1. The van der Waals surface area contributed by atoms with Crippen LogP contribution in [0.3, 0.4) is 0 Å². The number of benzene rings is 1. The van der Waals surface area contributed by atoms with Gasteiger partial charge in [0.2, 0.25) is 0 Å². The van der Waals surface area contributed by atoms with E-state index in [0.717, 1.165) is 38.1 Å². The lowest BCUT2D eigenvalue weighted by Crippen LogP contribution is -2.47. The Labute approximate surface area is 146 Å². The lowest BCUT2D eigenvalue weighted by molar-refractivity contribution is -0.114. The summed E-state index contributed by atoms with van der Waals surface area (Å²) in [5.41, 5.74) is 6.93. The lowest BCUT2D eigenvalue weighted by atomic mass is 10.2. The van der Waals surface area contributed by atoms with E-state index in [4.69, 9.17) is 21.7 Å². The molecule has 0 radical (unpaired) electrons. The van der Waals surface area contributed by atoms with Crippen LogP contribution >= 0.6 is 0 Å². The van der Waals surface area contributed by atoms with Gasteiger partial charge in [0.1, 0.15) is 5.84 Å². The SMILES string of the molecule is N=C/C=C(/C(=N)Nc1ccc(N2CCN(CCO)CC2)cc1)C(N)=O. The topological polar surface area (TPSA) is 130 Å². The average molecular weight is 344 g/mol. The number of primary amides is 1. The summed E-state index contributed by atoms with van der Waals surface area (Å²) in [4.78, 5) is 15.8. The van der Waals surface area contributed by atoms with Crippen LogP contribution < -0.4 is 16.0 Å². The summed E-state index contributed by atoms with van der Waals surface area (Å²) in [5.74, 6) is -0.889. The molecular weight excluding hydrogens is 320 g/mol. The van der Waals surface area contributed by atoms with Crippen molar-refractivity contribution >= 4 is 29.3 Å². The highest BCUT2D eigenvalue weighted by atomic mass is 16.3. The van der Waals surface area contributed by atoms with Gasteiger partial charge in [0.05, 0.1) is 12.2 Å². The van der Waals surface area contributed by atoms with E-state index in [-0.39, 0.29) is 18.0 Å². The van der Waals surface area contributed by atoms with Gasteiger partial charge in [-0.2, -0.15) is 0 Å². The molecule has 2 rings (SSSR count). The molecule has 1 fully saturated rings. The standard InChI is InChI=1S/C17H24N6O2/c18-6-5-15(17(20)25)16(19)21-13-1-3-14(4-2-13)23-9-7-22(8-10-23)11-12-24/h1-6,18,24H,7-12H2,(H2,19,21)(H2,20,25)/b15-5-,18-6?. The maximum Gasteiger partial charge on any atom is 0.252 e.